The Morgan fingerprint density at radius 2 is 1.20 bits per heavy atom. The van der Waals surface area contributed by atoms with Crippen molar-refractivity contribution in [3.8, 4) is 0 Å². The Labute approximate surface area is 125 Å². The van der Waals surface area contributed by atoms with Gasteiger partial charge in [-0.1, -0.05) is 90.4 Å². The molecule has 2 nitrogen and oxygen atoms in total. The number of carbonyl (C=O) groups excluding carboxylic acids is 1. The van der Waals surface area contributed by atoms with Crippen LogP contribution in [-0.4, -0.2) is 18.5 Å². The van der Waals surface area contributed by atoms with Crippen molar-refractivity contribution in [2.75, 3.05) is 0 Å². The van der Waals surface area contributed by atoms with E-state index in [-0.39, 0.29) is 12.2 Å². The number of hydrogen-bond acceptors (Lipinski definition) is 2. The molecule has 0 saturated carbocycles. The van der Waals surface area contributed by atoms with E-state index in [1.807, 2.05) is 0 Å². The van der Waals surface area contributed by atoms with Crippen molar-refractivity contribution in [3.05, 3.63) is 0 Å². The first-order chi connectivity index (χ1) is 9.88. The zero-order valence-corrected chi connectivity index (χ0v) is 13.4. The first kappa shape index (κ1) is 17.7. The van der Waals surface area contributed by atoms with Crippen LogP contribution in [0.1, 0.15) is 96.8 Å². The molecular weight excluding hydrogens is 248 g/mol. The summed E-state index contributed by atoms with van der Waals surface area (Å²) in [6, 6.07) is 0. The van der Waals surface area contributed by atoms with E-state index in [0.29, 0.717) is 0 Å². The molecule has 0 unspecified atom stereocenters. The maximum atomic E-state index is 10.4. The smallest absolute Gasteiger partial charge is 0.151 e. The van der Waals surface area contributed by atoms with Crippen molar-refractivity contribution in [2.45, 2.75) is 109 Å². The van der Waals surface area contributed by atoms with E-state index in [4.69, 9.17) is 4.74 Å². The molecule has 0 aromatic heterocycles. The van der Waals surface area contributed by atoms with Crippen LogP contribution in [0.5, 0.6) is 0 Å². The molecule has 1 heterocycles. The normalized spacial score (nSPS) is 21.1. The maximum Gasteiger partial charge on any atom is 0.151 e. The molecule has 1 fully saturated rings. The minimum absolute atomic E-state index is 0.0627. The molecule has 2 heteroatoms. The van der Waals surface area contributed by atoms with Crippen molar-refractivity contribution < 1.29 is 9.53 Å². The lowest BCUT2D eigenvalue weighted by molar-refractivity contribution is -0.108. The second-order valence-corrected chi connectivity index (χ2v) is 6.31. The number of epoxide rings is 1. The van der Waals surface area contributed by atoms with Gasteiger partial charge in [0.2, 0.25) is 0 Å². The van der Waals surface area contributed by atoms with Gasteiger partial charge in [0.25, 0.3) is 0 Å². The third-order valence-corrected chi connectivity index (χ3v) is 4.35. The Morgan fingerprint density at radius 3 is 1.60 bits per heavy atom. The SMILES string of the molecule is CCCCCCCCCCCCCCC[C@H]1O[C@@H]1C=O. The number of unbranched alkanes of at least 4 members (excludes halogenated alkanes) is 12. The molecule has 0 N–H and O–H groups in total. The molecule has 1 saturated heterocycles. The van der Waals surface area contributed by atoms with E-state index >= 15 is 0 Å². The summed E-state index contributed by atoms with van der Waals surface area (Å²) in [5.74, 6) is 0. The van der Waals surface area contributed by atoms with Crippen LogP contribution < -0.4 is 0 Å². The summed E-state index contributed by atoms with van der Waals surface area (Å²) < 4.78 is 5.21. The molecule has 0 radical (unpaired) electrons. The molecule has 0 aromatic rings. The fourth-order valence-electron chi connectivity index (χ4n) is 2.87. The van der Waals surface area contributed by atoms with E-state index in [1.165, 1.54) is 83.5 Å². The first-order valence-electron chi connectivity index (χ1n) is 8.99. The highest BCUT2D eigenvalue weighted by Crippen LogP contribution is 2.25. The number of carbonyl (C=O) groups is 1. The molecule has 1 aliphatic heterocycles. The van der Waals surface area contributed by atoms with Gasteiger partial charge in [0.1, 0.15) is 6.10 Å². The Morgan fingerprint density at radius 1 is 0.750 bits per heavy atom. The first-order valence-corrected chi connectivity index (χ1v) is 8.99. The molecule has 0 aliphatic carbocycles. The van der Waals surface area contributed by atoms with Gasteiger partial charge in [-0.25, -0.2) is 0 Å². The molecule has 0 amide bonds. The van der Waals surface area contributed by atoms with Crippen LogP contribution >= 0.6 is 0 Å². The molecule has 1 aliphatic rings. The molecule has 118 valence electrons. The lowest BCUT2D eigenvalue weighted by Crippen LogP contribution is -1.94. The summed E-state index contributed by atoms with van der Waals surface area (Å²) in [5, 5.41) is 0. The average Bonchev–Trinajstić information content (AvgIpc) is 3.22. The highest BCUT2D eigenvalue weighted by molar-refractivity contribution is 5.60. The largest absolute Gasteiger partial charge is 0.362 e. The zero-order valence-electron chi connectivity index (χ0n) is 13.4. The highest BCUT2D eigenvalue weighted by Gasteiger charge is 2.37. The van der Waals surface area contributed by atoms with Crippen LogP contribution in [0.25, 0.3) is 0 Å². The summed E-state index contributed by atoms with van der Waals surface area (Å²) in [7, 11) is 0. The average molecular weight is 282 g/mol. The van der Waals surface area contributed by atoms with Crippen molar-refractivity contribution >= 4 is 6.29 Å². The Kier molecular flexibility index (Phi) is 10.9. The van der Waals surface area contributed by atoms with Crippen LogP contribution in [0.4, 0.5) is 0 Å². The van der Waals surface area contributed by atoms with E-state index in [1.54, 1.807) is 0 Å². The van der Waals surface area contributed by atoms with Gasteiger partial charge in [-0.3, -0.25) is 0 Å². The van der Waals surface area contributed by atoms with Crippen molar-refractivity contribution in [1.82, 2.24) is 0 Å². The summed E-state index contributed by atoms with van der Waals surface area (Å²) >= 11 is 0. The van der Waals surface area contributed by atoms with Gasteiger partial charge < -0.3 is 9.53 Å². The fraction of sp³-hybridized carbons (Fsp3) is 0.944. The van der Waals surface area contributed by atoms with Crippen molar-refractivity contribution in [1.29, 1.82) is 0 Å². The Hall–Kier alpha value is -0.370. The summed E-state index contributed by atoms with van der Waals surface area (Å²) in [5.41, 5.74) is 0. The third kappa shape index (κ3) is 9.52. The van der Waals surface area contributed by atoms with Crippen molar-refractivity contribution in [2.24, 2.45) is 0 Å². The van der Waals surface area contributed by atoms with Crippen LogP contribution in [0, 0.1) is 0 Å². The van der Waals surface area contributed by atoms with Crippen LogP contribution in [-0.2, 0) is 9.53 Å². The van der Waals surface area contributed by atoms with Gasteiger partial charge in [-0.15, -0.1) is 0 Å². The topological polar surface area (TPSA) is 29.6 Å². The molecule has 0 aromatic carbocycles. The quantitative estimate of drug-likeness (QED) is 0.227. The van der Waals surface area contributed by atoms with E-state index in [0.717, 1.165) is 12.7 Å². The Bertz CT molecular complexity index is 227. The minimum atomic E-state index is -0.0627. The summed E-state index contributed by atoms with van der Waals surface area (Å²) in [6.45, 7) is 2.28. The molecule has 0 spiro atoms. The number of rotatable bonds is 15. The van der Waals surface area contributed by atoms with E-state index < -0.39 is 0 Å². The number of hydrogen-bond donors (Lipinski definition) is 0. The molecular formula is C18H34O2. The van der Waals surface area contributed by atoms with Gasteiger partial charge in [-0.2, -0.15) is 0 Å². The number of ether oxygens (including phenoxy) is 1. The summed E-state index contributed by atoms with van der Waals surface area (Å²) in [4.78, 5) is 10.4. The molecule has 2 atom stereocenters. The fourth-order valence-corrected chi connectivity index (χ4v) is 2.87. The predicted octanol–water partition coefficient (Wildman–Crippen LogP) is 5.43. The van der Waals surface area contributed by atoms with Gasteiger partial charge in [0, 0.05) is 0 Å². The van der Waals surface area contributed by atoms with Gasteiger partial charge in [0.05, 0.1) is 6.10 Å². The maximum absolute atomic E-state index is 10.4. The minimum Gasteiger partial charge on any atom is -0.362 e. The second-order valence-electron chi connectivity index (χ2n) is 6.31. The van der Waals surface area contributed by atoms with Crippen LogP contribution in [0.15, 0.2) is 0 Å². The van der Waals surface area contributed by atoms with Gasteiger partial charge in [-0.05, 0) is 6.42 Å². The second kappa shape index (κ2) is 12.4. The number of aldehydes is 1. The predicted molar refractivity (Wildman–Crippen MR) is 85.0 cm³/mol. The van der Waals surface area contributed by atoms with Crippen LogP contribution in [0.2, 0.25) is 0 Å². The monoisotopic (exact) mass is 282 g/mol. The molecule has 1 rings (SSSR count). The zero-order chi connectivity index (χ0) is 14.5. The van der Waals surface area contributed by atoms with Gasteiger partial charge in [0.15, 0.2) is 6.29 Å². The Balaban J connectivity index is 1.65. The van der Waals surface area contributed by atoms with Crippen molar-refractivity contribution in [3.63, 3.8) is 0 Å². The lowest BCUT2D eigenvalue weighted by atomic mass is 10.0. The van der Waals surface area contributed by atoms with Crippen LogP contribution in [0.3, 0.4) is 0 Å². The van der Waals surface area contributed by atoms with E-state index in [9.17, 15) is 4.79 Å². The highest BCUT2D eigenvalue weighted by atomic mass is 16.6. The summed E-state index contributed by atoms with van der Waals surface area (Å²) in [6.07, 6.45) is 20.3. The standard InChI is InChI=1S/C18H34O2/c1-2-3-4-5-6-7-8-9-10-11-12-13-14-15-17-18(16-19)20-17/h16-18H,2-15H2,1H3/t17-,18-/m1/s1. The van der Waals surface area contributed by atoms with E-state index in [2.05, 4.69) is 6.92 Å². The van der Waals surface area contributed by atoms with Gasteiger partial charge >= 0.3 is 0 Å². The lowest BCUT2D eigenvalue weighted by Gasteiger charge is -2.02. The third-order valence-electron chi connectivity index (χ3n) is 4.35. The molecule has 0 bridgehead atoms. The molecule has 20 heavy (non-hydrogen) atoms.